The van der Waals surface area contributed by atoms with Crippen molar-refractivity contribution >= 4 is 11.6 Å². The number of hydrogen-bond acceptors (Lipinski definition) is 6. The van der Waals surface area contributed by atoms with Gasteiger partial charge in [-0.3, -0.25) is 4.79 Å². The van der Waals surface area contributed by atoms with E-state index in [1.807, 2.05) is 107 Å². The Morgan fingerprint density at radius 3 is 2.17 bits per heavy atom. The van der Waals surface area contributed by atoms with Crippen LogP contribution in [0.3, 0.4) is 0 Å². The highest BCUT2D eigenvalue weighted by atomic mass is 16.3. The van der Waals surface area contributed by atoms with Crippen LogP contribution in [0.1, 0.15) is 58.6 Å². The number of nitrogens with zero attached hydrogens (tertiary/aromatic N) is 1. The number of benzene rings is 2. The van der Waals surface area contributed by atoms with Gasteiger partial charge in [-0.25, -0.2) is 0 Å². The highest BCUT2D eigenvalue weighted by Crippen LogP contribution is 2.12. The Hall–Kier alpha value is -3.39. The SMILES string of the molecule is C=C(O)/C=C(\C/C=C\C)CN[C@@H](Cc1ccccc1)C(O)CNCC(=O)NCc1ccc(N(C)C)cc1.CC.CCC. The van der Waals surface area contributed by atoms with E-state index in [1.165, 1.54) is 6.42 Å². The molecule has 1 amide bonds. The fourth-order valence-electron chi connectivity index (χ4n) is 3.81. The molecule has 2 atom stereocenters. The number of aliphatic hydroxyl groups is 2. The molecule has 5 N–H and O–H groups in total. The molecule has 0 aliphatic rings. The Morgan fingerprint density at radius 1 is 1.00 bits per heavy atom. The molecule has 234 valence electrons. The van der Waals surface area contributed by atoms with E-state index in [2.05, 4.69) is 36.4 Å². The molecule has 0 saturated carbocycles. The van der Waals surface area contributed by atoms with Crippen LogP contribution in [-0.2, 0) is 17.8 Å². The summed E-state index contributed by atoms with van der Waals surface area (Å²) in [5, 5.41) is 30.0. The maximum Gasteiger partial charge on any atom is 0.234 e. The summed E-state index contributed by atoms with van der Waals surface area (Å²) in [7, 11) is 3.98. The lowest BCUT2D eigenvalue weighted by molar-refractivity contribution is -0.120. The monoisotopic (exact) mass is 580 g/mol. The van der Waals surface area contributed by atoms with Crippen LogP contribution >= 0.6 is 0 Å². The average molecular weight is 581 g/mol. The minimum Gasteiger partial charge on any atom is -0.509 e. The summed E-state index contributed by atoms with van der Waals surface area (Å²) in [4.78, 5) is 14.4. The fourth-order valence-corrected chi connectivity index (χ4v) is 3.81. The fraction of sp³-hybridized carbons (Fsp3) is 0.457. The zero-order valence-electron chi connectivity index (χ0n) is 27.0. The van der Waals surface area contributed by atoms with Gasteiger partial charge in [-0.05, 0) is 54.7 Å². The largest absolute Gasteiger partial charge is 0.509 e. The summed E-state index contributed by atoms with van der Waals surface area (Å²) in [6, 6.07) is 17.7. The van der Waals surface area contributed by atoms with E-state index in [-0.39, 0.29) is 30.8 Å². The Balaban J connectivity index is 0.00000315. The minimum absolute atomic E-state index is 0.00258. The molecule has 2 aromatic carbocycles. The maximum absolute atomic E-state index is 12.3. The molecule has 0 aliphatic heterocycles. The molecule has 0 heterocycles. The molecule has 7 nitrogen and oxygen atoms in total. The first kappa shape index (κ1) is 38.6. The van der Waals surface area contributed by atoms with Crippen LogP contribution in [0.15, 0.2) is 90.7 Å². The molecule has 0 saturated heterocycles. The van der Waals surface area contributed by atoms with Crippen molar-refractivity contribution in [2.45, 2.75) is 72.6 Å². The van der Waals surface area contributed by atoms with Gasteiger partial charge in [0, 0.05) is 45.5 Å². The predicted octanol–water partition coefficient (Wildman–Crippen LogP) is 5.93. The third-order valence-corrected chi connectivity index (χ3v) is 5.92. The van der Waals surface area contributed by atoms with Crippen LogP contribution < -0.4 is 20.9 Å². The van der Waals surface area contributed by atoms with Crippen LogP contribution in [0.4, 0.5) is 5.69 Å². The number of carbonyl (C=O) groups is 1. The second-order valence-electron chi connectivity index (χ2n) is 9.99. The van der Waals surface area contributed by atoms with Crippen molar-refractivity contribution in [2.24, 2.45) is 0 Å². The minimum atomic E-state index is -0.730. The third kappa shape index (κ3) is 18.1. The van der Waals surface area contributed by atoms with Crippen molar-refractivity contribution in [3.05, 3.63) is 102 Å². The Kier molecular flexibility index (Phi) is 22.3. The topological polar surface area (TPSA) is 96.9 Å². The maximum atomic E-state index is 12.3. The lowest BCUT2D eigenvalue weighted by Crippen LogP contribution is -2.48. The van der Waals surface area contributed by atoms with Gasteiger partial charge in [-0.2, -0.15) is 0 Å². The third-order valence-electron chi connectivity index (χ3n) is 5.92. The van der Waals surface area contributed by atoms with Crippen LogP contribution in [0.5, 0.6) is 0 Å². The smallest absolute Gasteiger partial charge is 0.234 e. The first-order valence-electron chi connectivity index (χ1n) is 15.1. The number of anilines is 1. The second kappa shape index (κ2) is 24.2. The molecular weight excluding hydrogens is 524 g/mol. The van der Waals surface area contributed by atoms with E-state index in [4.69, 9.17) is 0 Å². The van der Waals surface area contributed by atoms with Gasteiger partial charge in [0.2, 0.25) is 5.91 Å². The highest BCUT2D eigenvalue weighted by molar-refractivity contribution is 5.78. The summed E-state index contributed by atoms with van der Waals surface area (Å²) in [5.74, 6) is -0.128. The van der Waals surface area contributed by atoms with Crippen molar-refractivity contribution in [1.29, 1.82) is 0 Å². The summed E-state index contributed by atoms with van der Waals surface area (Å²) < 4.78 is 0. The van der Waals surface area contributed by atoms with Gasteiger partial charge in [0.05, 0.1) is 12.6 Å². The van der Waals surface area contributed by atoms with Gasteiger partial charge >= 0.3 is 0 Å². The molecule has 0 aromatic heterocycles. The van der Waals surface area contributed by atoms with E-state index < -0.39 is 6.10 Å². The van der Waals surface area contributed by atoms with Gasteiger partial charge in [0.25, 0.3) is 0 Å². The molecule has 0 aliphatic carbocycles. The van der Waals surface area contributed by atoms with E-state index in [0.717, 1.165) is 22.4 Å². The molecule has 0 spiro atoms. The summed E-state index contributed by atoms with van der Waals surface area (Å²) >= 11 is 0. The lowest BCUT2D eigenvalue weighted by atomic mass is 10.00. The van der Waals surface area contributed by atoms with E-state index >= 15 is 0 Å². The number of hydrogen-bond donors (Lipinski definition) is 5. The highest BCUT2D eigenvalue weighted by Gasteiger charge is 2.20. The first-order chi connectivity index (χ1) is 20.2. The van der Waals surface area contributed by atoms with Gasteiger partial charge in [-0.15, -0.1) is 0 Å². The summed E-state index contributed by atoms with van der Waals surface area (Å²) in [6.07, 6.45) is 7.43. The van der Waals surface area contributed by atoms with Gasteiger partial charge in [0.15, 0.2) is 0 Å². The number of amides is 1. The number of aliphatic hydroxyl groups excluding tert-OH is 2. The zero-order chi connectivity index (χ0) is 31.8. The number of carbonyl (C=O) groups excluding carboxylic acids is 1. The normalized spacial score (nSPS) is 12.3. The number of allylic oxidation sites excluding steroid dienone is 3. The van der Waals surface area contributed by atoms with Crippen LogP contribution in [0.2, 0.25) is 0 Å². The summed E-state index contributed by atoms with van der Waals surface area (Å²) in [6.45, 7) is 15.1. The first-order valence-corrected chi connectivity index (χ1v) is 15.1. The van der Waals surface area contributed by atoms with E-state index in [9.17, 15) is 15.0 Å². The molecular formula is C35H56N4O3. The van der Waals surface area contributed by atoms with E-state index in [1.54, 1.807) is 6.08 Å². The average Bonchev–Trinajstić information content (AvgIpc) is 2.98. The van der Waals surface area contributed by atoms with Crippen LogP contribution in [0.25, 0.3) is 0 Å². The zero-order valence-corrected chi connectivity index (χ0v) is 27.0. The van der Waals surface area contributed by atoms with Crippen molar-refractivity contribution in [1.82, 2.24) is 16.0 Å². The van der Waals surface area contributed by atoms with Gasteiger partial charge < -0.3 is 31.1 Å². The second-order valence-corrected chi connectivity index (χ2v) is 9.99. The standard InChI is InChI=1S/C30H42N4O3.C3H8.C2H6/c1-5-6-10-26(17-23(2)35)20-32-28(18-24-11-8-7-9-12-24)29(36)21-31-22-30(37)33-19-25-13-15-27(16-14-25)34(3)4;1-3-2;1-2/h5-9,11-17,28-29,31-32,35-36H,2,10,18-22H2,1,3-4H3,(H,33,37);3H2,1-2H3;1-2H3/b6-5-,26-17+;;/t28-,29?;;/m0../s1. The van der Waals surface area contributed by atoms with E-state index in [0.29, 0.717) is 25.9 Å². The molecule has 2 rings (SSSR count). The molecule has 42 heavy (non-hydrogen) atoms. The van der Waals surface area contributed by atoms with Crippen molar-refractivity contribution in [2.75, 3.05) is 38.6 Å². The molecule has 7 heteroatoms. The number of rotatable bonds is 16. The lowest BCUT2D eigenvalue weighted by Gasteiger charge is -2.25. The van der Waals surface area contributed by atoms with Crippen molar-refractivity contribution in [3.8, 4) is 0 Å². The molecule has 0 fully saturated rings. The quantitative estimate of drug-likeness (QED) is 0.0960. The summed E-state index contributed by atoms with van der Waals surface area (Å²) in [5.41, 5.74) is 4.19. The van der Waals surface area contributed by atoms with Crippen LogP contribution in [-0.4, -0.2) is 62.0 Å². The molecule has 0 bridgehead atoms. The predicted molar refractivity (Wildman–Crippen MR) is 180 cm³/mol. The van der Waals surface area contributed by atoms with Crippen molar-refractivity contribution < 1.29 is 15.0 Å². The van der Waals surface area contributed by atoms with Gasteiger partial charge in [0.1, 0.15) is 5.76 Å². The molecule has 0 radical (unpaired) electrons. The Labute approximate surface area is 255 Å². The van der Waals surface area contributed by atoms with Crippen molar-refractivity contribution in [3.63, 3.8) is 0 Å². The number of nitrogens with one attached hydrogen (secondary N) is 3. The Bertz CT molecular complexity index is 1030. The van der Waals surface area contributed by atoms with Gasteiger partial charge in [-0.1, -0.05) is 95.3 Å². The van der Waals surface area contributed by atoms with Crippen LogP contribution in [0, 0.1) is 0 Å². The molecule has 2 aromatic rings. The molecule has 1 unspecified atom stereocenters. The Morgan fingerprint density at radius 2 is 1.62 bits per heavy atom.